The van der Waals surface area contributed by atoms with Crippen molar-refractivity contribution < 1.29 is 17.6 Å². The van der Waals surface area contributed by atoms with Crippen LogP contribution < -0.4 is 15.4 Å². The van der Waals surface area contributed by atoms with Gasteiger partial charge >= 0.3 is 0 Å². The molecule has 1 aliphatic heterocycles. The molecule has 1 saturated heterocycles. The van der Waals surface area contributed by atoms with Gasteiger partial charge < -0.3 is 15.1 Å². The molecule has 0 spiro atoms. The predicted molar refractivity (Wildman–Crippen MR) is 84.8 cm³/mol. The fourth-order valence-corrected chi connectivity index (χ4v) is 3.05. The summed E-state index contributed by atoms with van der Waals surface area (Å²) in [5.74, 6) is 0.356. The van der Waals surface area contributed by atoms with E-state index in [4.69, 9.17) is 4.42 Å². The fourth-order valence-electron chi connectivity index (χ4n) is 2.34. The van der Waals surface area contributed by atoms with E-state index in [0.717, 1.165) is 13.0 Å². The van der Waals surface area contributed by atoms with E-state index in [2.05, 4.69) is 22.3 Å². The molecule has 0 aliphatic carbocycles. The molecule has 0 bridgehead atoms. The van der Waals surface area contributed by atoms with Crippen molar-refractivity contribution in [3.05, 3.63) is 17.4 Å². The number of piperidine rings is 1. The number of sulfonamides is 1. The van der Waals surface area contributed by atoms with Crippen molar-refractivity contribution in [3.8, 4) is 0 Å². The van der Waals surface area contributed by atoms with Gasteiger partial charge in [-0.25, -0.2) is 13.1 Å². The molecule has 2 heterocycles. The Balaban J connectivity index is 0.00000242. The number of nitrogens with one attached hydrogen (secondary N) is 3. The monoisotopic (exact) mass is 351 g/mol. The van der Waals surface area contributed by atoms with Gasteiger partial charge in [0.25, 0.3) is 15.9 Å². The minimum atomic E-state index is -3.69. The van der Waals surface area contributed by atoms with Gasteiger partial charge in [-0.1, -0.05) is 6.92 Å². The first-order valence-electron chi connectivity index (χ1n) is 6.90. The summed E-state index contributed by atoms with van der Waals surface area (Å²) in [6.45, 7) is 5.32. The molecular weight excluding hydrogens is 330 g/mol. The second kappa shape index (κ2) is 7.45. The van der Waals surface area contributed by atoms with Gasteiger partial charge in [0, 0.05) is 18.7 Å². The number of hydrogen-bond acceptors (Lipinski definition) is 5. The molecule has 126 valence electrons. The number of halogens is 1. The van der Waals surface area contributed by atoms with Crippen LogP contribution in [-0.4, -0.2) is 40.5 Å². The number of carbonyl (C=O) groups is 1. The molecule has 22 heavy (non-hydrogen) atoms. The summed E-state index contributed by atoms with van der Waals surface area (Å²) in [6.07, 6.45) is 0.995. The van der Waals surface area contributed by atoms with Gasteiger partial charge in [-0.2, -0.15) is 0 Å². The maximum atomic E-state index is 12.3. The number of furan rings is 1. The quantitative estimate of drug-likeness (QED) is 0.739. The van der Waals surface area contributed by atoms with E-state index in [1.54, 1.807) is 6.92 Å². The normalized spacial score (nSPS) is 22.0. The molecule has 1 fully saturated rings. The number of carbonyl (C=O) groups excluding carboxylic acids is 1. The third-order valence-electron chi connectivity index (χ3n) is 3.82. The fraction of sp³-hybridized carbons (Fsp3) is 0.615. The van der Waals surface area contributed by atoms with E-state index < -0.39 is 10.0 Å². The van der Waals surface area contributed by atoms with E-state index in [1.807, 2.05) is 0 Å². The van der Waals surface area contributed by atoms with Crippen LogP contribution in [0.5, 0.6) is 0 Å². The van der Waals surface area contributed by atoms with Crippen LogP contribution in [0.2, 0.25) is 0 Å². The van der Waals surface area contributed by atoms with Crippen LogP contribution in [0.3, 0.4) is 0 Å². The summed E-state index contributed by atoms with van der Waals surface area (Å²) in [4.78, 5) is 12.3. The van der Waals surface area contributed by atoms with Crippen LogP contribution in [0.15, 0.2) is 15.6 Å². The lowest BCUT2D eigenvalue weighted by atomic mass is 9.94. The zero-order valence-corrected chi connectivity index (χ0v) is 14.4. The maximum absolute atomic E-state index is 12.3. The molecular formula is C13H22ClN3O4S. The molecule has 1 amide bonds. The van der Waals surface area contributed by atoms with Crippen LogP contribution in [0.1, 0.15) is 29.5 Å². The highest BCUT2D eigenvalue weighted by atomic mass is 35.5. The van der Waals surface area contributed by atoms with E-state index >= 15 is 0 Å². The zero-order chi connectivity index (χ0) is 15.6. The minimum Gasteiger partial charge on any atom is -0.448 e. The summed E-state index contributed by atoms with van der Waals surface area (Å²) in [5, 5.41) is 5.92. The standard InChI is InChI=1S/C13H21N3O4S.ClH/c1-8-4-5-15-7-11(8)16-13(17)10-6-12(20-9(10)2)21(18,19)14-3;/h6,8,11,14-15H,4-5,7H2,1-3H3,(H,16,17);1H. The van der Waals surface area contributed by atoms with Crippen molar-refractivity contribution in [3.63, 3.8) is 0 Å². The lowest BCUT2D eigenvalue weighted by molar-refractivity contribution is 0.0913. The Kier molecular flexibility index (Phi) is 6.42. The topological polar surface area (TPSA) is 100 Å². The molecule has 1 aliphatic rings. The third kappa shape index (κ3) is 4.01. The smallest absolute Gasteiger partial charge is 0.273 e. The van der Waals surface area contributed by atoms with Gasteiger partial charge in [-0.15, -0.1) is 12.4 Å². The van der Waals surface area contributed by atoms with E-state index in [-0.39, 0.29) is 40.8 Å². The maximum Gasteiger partial charge on any atom is 0.273 e. The second-order valence-electron chi connectivity index (χ2n) is 5.29. The van der Waals surface area contributed by atoms with Crippen LogP contribution >= 0.6 is 12.4 Å². The first-order valence-corrected chi connectivity index (χ1v) is 8.39. The Morgan fingerprint density at radius 1 is 1.45 bits per heavy atom. The lowest BCUT2D eigenvalue weighted by Gasteiger charge is -2.30. The molecule has 2 atom stereocenters. The highest BCUT2D eigenvalue weighted by Crippen LogP contribution is 2.20. The van der Waals surface area contributed by atoms with Gasteiger partial charge in [-0.05, 0) is 32.9 Å². The average molecular weight is 352 g/mol. The highest BCUT2D eigenvalue weighted by molar-refractivity contribution is 7.89. The molecule has 1 aromatic heterocycles. The Morgan fingerprint density at radius 2 is 2.14 bits per heavy atom. The molecule has 0 aromatic carbocycles. The Morgan fingerprint density at radius 3 is 2.73 bits per heavy atom. The average Bonchev–Trinajstić information content (AvgIpc) is 2.84. The van der Waals surface area contributed by atoms with Crippen molar-refractivity contribution in [1.82, 2.24) is 15.4 Å². The molecule has 3 N–H and O–H groups in total. The predicted octanol–water partition coefficient (Wildman–Crippen LogP) is 0.646. The Hall–Kier alpha value is -1.09. The van der Waals surface area contributed by atoms with Crippen LogP contribution in [0.4, 0.5) is 0 Å². The van der Waals surface area contributed by atoms with Crippen molar-refractivity contribution >= 4 is 28.3 Å². The lowest BCUT2D eigenvalue weighted by Crippen LogP contribution is -2.50. The number of rotatable bonds is 4. The number of hydrogen-bond donors (Lipinski definition) is 3. The Bertz CT molecular complexity index is 629. The van der Waals surface area contributed by atoms with E-state index in [9.17, 15) is 13.2 Å². The molecule has 0 saturated carbocycles. The van der Waals surface area contributed by atoms with Crippen molar-refractivity contribution in [2.75, 3.05) is 20.1 Å². The largest absolute Gasteiger partial charge is 0.448 e. The van der Waals surface area contributed by atoms with Gasteiger partial charge in [0.05, 0.1) is 5.56 Å². The van der Waals surface area contributed by atoms with Crippen LogP contribution in [0.25, 0.3) is 0 Å². The van der Waals surface area contributed by atoms with Crippen molar-refractivity contribution in [2.24, 2.45) is 5.92 Å². The summed E-state index contributed by atoms with van der Waals surface area (Å²) < 4.78 is 30.7. The minimum absolute atomic E-state index is 0. The van der Waals surface area contributed by atoms with E-state index in [1.165, 1.54) is 13.1 Å². The second-order valence-corrected chi connectivity index (χ2v) is 7.11. The van der Waals surface area contributed by atoms with Gasteiger partial charge in [0.15, 0.2) is 0 Å². The molecule has 9 heteroatoms. The van der Waals surface area contributed by atoms with Crippen molar-refractivity contribution in [2.45, 2.75) is 31.4 Å². The van der Waals surface area contributed by atoms with Gasteiger partial charge in [0.1, 0.15) is 5.76 Å². The van der Waals surface area contributed by atoms with Gasteiger partial charge in [0.2, 0.25) is 5.09 Å². The summed E-state index contributed by atoms with van der Waals surface area (Å²) in [5.41, 5.74) is 0.251. The van der Waals surface area contributed by atoms with E-state index in [0.29, 0.717) is 12.5 Å². The Labute approximate surface area is 136 Å². The third-order valence-corrected chi connectivity index (χ3v) is 5.09. The molecule has 1 aromatic rings. The highest BCUT2D eigenvalue weighted by Gasteiger charge is 2.26. The van der Waals surface area contributed by atoms with Crippen LogP contribution in [0, 0.1) is 12.8 Å². The van der Waals surface area contributed by atoms with Gasteiger partial charge in [-0.3, -0.25) is 4.79 Å². The SMILES string of the molecule is CNS(=O)(=O)c1cc(C(=O)NC2CNCCC2C)c(C)o1.Cl. The molecule has 2 rings (SSSR count). The number of amides is 1. The molecule has 2 unspecified atom stereocenters. The first kappa shape index (κ1) is 19.0. The van der Waals surface area contributed by atoms with Crippen molar-refractivity contribution in [1.29, 1.82) is 0 Å². The first-order chi connectivity index (χ1) is 9.85. The molecule has 7 nitrogen and oxygen atoms in total. The van der Waals surface area contributed by atoms with Crippen LogP contribution in [-0.2, 0) is 10.0 Å². The zero-order valence-electron chi connectivity index (χ0n) is 12.8. The molecule has 0 radical (unpaired) electrons. The summed E-state index contributed by atoms with van der Waals surface area (Å²) in [6, 6.07) is 1.29. The summed E-state index contributed by atoms with van der Waals surface area (Å²) in [7, 11) is -2.39. The summed E-state index contributed by atoms with van der Waals surface area (Å²) >= 11 is 0. The number of aryl methyl sites for hydroxylation is 1.